The van der Waals surface area contributed by atoms with Gasteiger partial charge in [-0.3, -0.25) is 4.79 Å². The van der Waals surface area contributed by atoms with Crippen LogP contribution in [0.25, 0.3) is 10.7 Å². The van der Waals surface area contributed by atoms with E-state index in [9.17, 15) is 4.79 Å². The molecule has 2 heterocycles. The van der Waals surface area contributed by atoms with E-state index in [4.69, 9.17) is 0 Å². The molecule has 0 saturated heterocycles. The second-order valence-electron chi connectivity index (χ2n) is 5.84. The third-order valence-electron chi connectivity index (χ3n) is 4.17. The van der Waals surface area contributed by atoms with Crippen molar-refractivity contribution in [1.82, 2.24) is 14.8 Å². The molecule has 0 bridgehead atoms. The molecule has 0 atom stereocenters. The Kier molecular flexibility index (Phi) is 6.11. The van der Waals surface area contributed by atoms with Crippen molar-refractivity contribution < 1.29 is 4.79 Å². The molecule has 1 amide bonds. The van der Waals surface area contributed by atoms with Gasteiger partial charge >= 0.3 is 0 Å². The number of benzene rings is 1. The van der Waals surface area contributed by atoms with Crippen LogP contribution in [0.15, 0.2) is 40.9 Å². The number of nitrogens with one attached hydrogen (secondary N) is 1. The molecule has 0 aliphatic carbocycles. The van der Waals surface area contributed by atoms with Crippen molar-refractivity contribution in [3.05, 3.63) is 46.8 Å². The van der Waals surface area contributed by atoms with Gasteiger partial charge in [0.1, 0.15) is 0 Å². The highest BCUT2D eigenvalue weighted by atomic mass is 32.2. The molecule has 26 heavy (non-hydrogen) atoms. The van der Waals surface area contributed by atoms with Gasteiger partial charge in [-0.05, 0) is 35.4 Å². The first-order chi connectivity index (χ1) is 12.6. The number of rotatable bonds is 7. The zero-order valence-corrected chi connectivity index (χ0v) is 16.8. The first-order valence-corrected chi connectivity index (χ1v) is 10.5. The van der Waals surface area contributed by atoms with E-state index in [1.165, 1.54) is 22.9 Å². The number of thiophene rings is 1. The number of amides is 1. The van der Waals surface area contributed by atoms with Crippen LogP contribution < -0.4 is 5.32 Å². The van der Waals surface area contributed by atoms with Crippen LogP contribution in [0.2, 0.25) is 0 Å². The van der Waals surface area contributed by atoms with Gasteiger partial charge in [0.2, 0.25) is 5.91 Å². The molecule has 7 heteroatoms. The molecule has 3 aromatic rings. The number of aryl methyl sites for hydroxylation is 2. The lowest BCUT2D eigenvalue weighted by atomic mass is 10.0. The Labute approximate surface area is 161 Å². The summed E-state index contributed by atoms with van der Waals surface area (Å²) < 4.78 is 1.93. The smallest absolute Gasteiger partial charge is 0.234 e. The maximum Gasteiger partial charge on any atom is 0.234 e. The molecule has 136 valence electrons. The van der Waals surface area contributed by atoms with Gasteiger partial charge in [0, 0.05) is 12.7 Å². The van der Waals surface area contributed by atoms with E-state index in [0.717, 1.165) is 34.4 Å². The molecule has 5 nitrogen and oxygen atoms in total. The van der Waals surface area contributed by atoms with Gasteiger partial charge in [-0.2, -0.15) is 0 Å². The van der Waals surface area contributed by atoms with E-state index < -0.39 is 0 Å². The highest BCUT2D eigenvalue weighted by molar-refractivity contribution is 7.99. The highest BCUT2D eigenvalue weighted by Crippen LogP contribution is 2.27. The summed E-state index contributed by atoms with van der Waals surface area (Å²) in [5.41, 5.74) is 3.29. The Balaban J connectivity index is 1.67. The van der Waals surface area contributed by atoms with Crippen molar-refractivity contribution in [2.24, 2.45) is 7.05 Å². The van der Waals surface area contributed by atoms with Gasteiger partial charge in [0.15, 0.2) is 11.0 Å². The Bertz CT molecular complexity index is 865. The number of thioether (sulfide) groups is 1. The van der Waals surface area contributed by atoms with Crippen molar-refractivity contribution in [3.8, 4) is 10.7 Å². The van der Waals surface area contributed by atoms with Crippen molar-refractivity contribution >= 4 is 34.7 Å². The van der Waals surface area contributed by atoms with Gasteiger partial charge in [-0.25, -0.2) is 0 Å². The average Bonchev–Trinajstić information content (AvgIpc) is 3.30. The fourth-order valence-electron chi connectivity index (χ4n) is 2.77. The summed E-state index contributed by atoms with van der Waals surface area (Å²) in [4.78, 5) is 13.6. The number of hydrogen-bond donors (Lipinski definition) is 1. The molecule has 3 rings (SSSR count). The van der Waals surface area contributed by atoms with Crippen LogP contribution in [-0.4, -0.2) is 26.4 Å². The molecule has 0 aliphatic rings. The van der Waals surface area contributed by atoms with E-state index >= 15 is 0 Å². The molecule has 1 N–H and O–H groups in total. The molecule has 0 aliphatic heterocycles. The first kappa shape index (κ1) is 18.7. The average molecular weight is 387 g/mol. The number of carbonyl (C=O) groups excluding carboxylic acids is 1. The van der Waals surface area contributed by atoms with Crippen molar-refractivity contribution in [2.45, 2.75) is 31.8 Å². The zero-order chi connectivity index (χ0) is 18.5. The standard InChI is InChI=1S/C19H22N4OS2/c1-4-13-8-6-9-14(5-2)17(13)20-16(24)12-26-19-22-21-18(23(19)3)15-10-7-11-25-15/h6-11H,4-5,12H2,1-3H3,(H,20,24). The van der Waals surface area contributed by atoms with Crippen molar-refractivity contribution in [3.63, 3.8) is 0 Å². The summed E-state index contributed by atoms with van der Waals surface area (Å²) in [6, 6.07) is 10.2. The van der Waals surface area contributed by atoms with Gasteiger partial charge in [0.05, 0.1) is 10.6 Å². The summed E-state index contributed by atoms with van der Waals surface area (Å²) in [5, 5.41) is 14.3. The third kappa shape index (κ3) is 3.99. The molecule has 2 aromatic heterocycles. The van der Waals surface area contributed by atoms with Crippen LogP contribution in [-0.2, 0) is 24.7 Å². The van der Waals surface area contributed by atoms with Gasteiger partial charge < -0.3 is 9.88 Å². The van der Waals surface area contributed by atoms with Crippen molar-refractivity contribution in [1.29, 1.82) is 0 Å². The molecule has 0 radical (unpaired) electrons. The molecule has 1 aromatic carbocycles. The second-order valence-corrected chi connectivity index (χ2v) is 7.73. The van der Waals surface area contributed by atoms with Crippen LogP contribution in [0.4, 0.5) is 5.69 Å². The third-order valence-corrected chi connectivity index (χ3v) is 6.06. The van der Waals surface area contributed by atoms with E-state index in [2.05, 4.69) is 41.5 Å². The molecule has 0 unspecified atom stereocenters. The van der Waals surface area contributed by atoms with Gasteiger partial charge in [-0.1, -0.05) is 49.9 Å². The van der Waals surface area contributed by atoms with E-state index in [0.29, 0.717) is 5.75 Å². The molecule has 0 spiro atoms. The summed E-state index contributed by atoms with van der Waals surface area (Å²) in [6.45, 7) is 4.20. The zero-order valence-electron chi connectivity index (χ0n) is 15.2. The fraction of sp³-hybridized carbons (Fsp3) is 0.316. The number of carbonyl (C=O) groups is 1. The second kappa shape index (κ2) is 8.51. The Morgan fingerprint density at radius 3 is 2.50 bits per heavy atom. The summed E-state index contributed by atoms with van der Waals surface area (Å²) >= 11 is 3.03. The molecule has 0 saturated carbocycles. The maximum atomic E-state index is 12.5. The van der Waals surface area contributed by atoms with Crippen molar-refractivity contribution in [2.75, 3.05) is 11.1 Å². The predicted molar refractivity (Wildman–Crippen MR) is 109 cm³/mol. The number of anilines is 1. The van der Waals surface area contributed by atoms with E-state index in [1.807, 2.05) is 35.2 Å². The monoisotopic (exact) mass is 386 g/mol. The Morgan fingerprint density at radius 1 is 1.15 bits per heavy atom. The summed E-state index contributed by atoms with van der Waals surface area (Å²) in [7, 11) is 1.93. The van der Waals surface area contributed by atoms with E-state index in [-0.39, 0.29) is 5.91 Å². The predicted octanol–water partition coefficient (Wildman–Crippen LogP) is 4.40. The van der Waals surface area contributed by atoms with Crippen LogP contribution in [0.1, 0.15) is 25.0 Å². The van der Waals surface area contributed by atoms with Gasteiger partial charge in [0.25, 0.3) is 0 Å². The molecular formula is C19H22N4OS2. The number of para-hydroxylation sites is 1. The van der Waals surface area contributed by atoms with Crippen LogP contribution in [0.5, 0.6) is 0 Å². The lowest BCUT2D eigenvalue weighted by Crippen LogP contribution is -2.17. The highest BCUT2D eigenvalue weighted by Gasteiger charge is 2.15. The van der Waals surface area contributed by atoms with Gasteiger partial charge in [-0.15, -0.1) is 21.5 Å². The minimum absolute atomic E-state index is 0.0220. The lowest BCUT2D eigenvalue weighted by molar-refractivity contribution is -0.113. The van der Waals surface area contributed by atoms with Crippen LogP contribution in [0, 0.1) is 0 Å². The Hall–Kier alpha value is -2.12. The molecule has 0 fully saturated rings. The van der Waals surface area contributed by atoms with E-state index in [1.54, 1.807) is 11.3 Å². The summed E-state index contributed by atoms with van der Waals surface area (Å²) in [5.74, 6) is 1.11. The SMILES string of the molecule is CCc1cccc(CC)c1NC(=O)CSc1nnc(-c2cccs2)n1C. The first-order valence-electron chi connectivity index (χ1n) is 8.60. The number of nitrogens with zero attached hydrogens (tertiary/aromatic N) is 3. The maximum absolute atomic E-state index is 12.5. The van der Waals surface area contributed by atoms with Crippen LogP contribution in [0.3, 0.4) is 0 Å². The minimum atomic E-state index is -0.0220. The number of aromatic nitrogens is 3. The summed E-state index contributed by atoms with van der Waals surface area (Å²) in [6.07, 6.45) is 1.79. The van der Waals surface area contributed by atoms with Crippen LogP contribution >= 0.6 is 23.1 Å². The molecular weight excluding hydrogens is 364 g/mol. The quantitative estimate of drug-likeness (QED) is 0.612. The lowest BCUT2D eigenvalue weighted by Gasteiger charge is -2.14. The normalized spacial score (nSPS) is 10.9. The number of hydrogen-bond acceptors (Lipinski definition) is 5. The Morgan fingerprint density at radius 2 is 1.88 bits per heavy atom. The fourth-order valence-corrected chi connectivity index (χ4v) is 4.22. The largest absolute Gasteiger partial charge is 0.325 e. The topological polar surface area (TPSA) is 59.8 Å². The minimum Gasteiger partial charge on any atom is -0.325 e.